The van der Waals surface area contributed by atoms with Gasteiger partial charge in [0.05, 0.1) is 0 Å². The number of carbonyl (C=O) groups is 2. The van der Waals surface area contributed by atoms with Crippen LogP contribution in [0, 0.1) is 5.82 Å². The maximum Gasteiger partial charge on any atom is 0.254 e. The number of primary amides is 1. The predicted octanol–water partition coefficient (Wildman–Crippen LogP) is 1.07. The van der Waals surface area contributed by atoms with Gasteiger partial charge in [-0.3, -0.25) is 9.59 Å². The van der Waals surface area contributed by atoms with Crippen molar-refractivity contribution in [3.63, 3.8) is 0 Å². The second kappa shape index (κ2) is 7.51. The first-order valence-electron chi connectivity index (χ1n) is 7.05. The molecular weight excluding hydrogens is 299 g/mol. The molecule has 0 heterocycles. The van der Waals surface area contributed by atoms with Crippen LogP contribution in [0.2, 0.25) is 0 Å². The molecule has 2 aromatic carbocycles. The topological polar surface area (TPSA) is 92.4 Å². The summed E-state index contributed by atoms with van der Waals surface area (Å²) in [7, 11) is 0. The highest BCUT2D eigenvalue weighted by Gasteiger charge is 2.24. The van der Waals surface area contributed by atoms with Gasteiger partial charge < -0.3 is 16.2 Å². The number of rotatable bonds is 6. The monoisotopic (exact) mass is 316 g/mol. The Kier molecular flexibility index (Phi) is 5.43. The summed E-state index contributed by atoms with van der Waals surface area (Å²) < 4.78 is 13.7. The highest BCUT2D eigenvalue weighted by molar-refractivity contribution is 5.89. The van der Waals surface area contributed by atoms with Crippen LogP contribution in [0.1, 0.15) is 17.2 Å². The summed E-state index contributed by atoms with van der Waals surface area (Å²) in [6.45, 7) is 0. The van der Waals surface area contributed by atoms with Crippen molar-refractivity contribution < 1.29 is 19.1 Å². The van der Waals surface area contributed by atoms with Crippen LogP contribution >= 0.6 is 0 Å². The number of carbonyl (C=O) groups excluding carboxylic acids is 2. The van der Waals surface area contributed by atoms with Gasteiger partial charge in [0.2, 0.25) is 5.91 Å². The van der Waals surface area contributed by atoms with Gasteiger partial charge in [-0.1, -0.05) is 48.5 Å². The standard InChI is InChI=1S/C17H17FN2O3/c18-13-9-5-4-8-12(13)10-14(16(19)22)20-17(23)15(21)11-6-2-1-3-7-11/h1-9,14-15,21H,10H2,(H2,19,22)(H,20,23)/t14-,15+/m1/s1. The maximum atomic E-state index is 13.7. The lowest BCUT2D eigenvalue weighted by Gasteiger charge is -2.18. The van der Waals surface area contributed by atoms with Crippen LogP contribution in [0.3, 0.4) is 0 Å². The number of hydrogen-bond acceptors (Lipinski definition) is 3. The molecule has 0 aliphatic carbocycles. The van der Waals surface area contributed by atoms with Crippen molar-refractivity contribution in [1.29, 1.82) is 0 Å². The number of halogens is 1. The van der Waals surface area contributed by atoms with E-state index in [9.17, 15) is 19.1 Å². The van der Waals surface area contributed by atoms with Crippen molar-refractivity contribution in [3.05, 3.63) is 71.5 Å². The zero-order valence-electron chi connectivity index (χ0n) is 12.3. The summed E-state index contributed by atoms with van der Waals surface area (Å²) >= 11 is 0. The van der Waals surface area contributed by atoms with E-state index < -0.39 is 29.8 Å². The Hall–Kier alpha value is -2.73. The van der Waals surface area contributed by atoms with Gasteiger partial charge in [-0.15, -0.1) is 0 Å². The minimum atomic E-state index is -1.43. The highest BCUT2D eigenvalue weighted by Crippen LogP contribution is 2.14. The summed E-state index contributed by atoms with van der Waals surface area (Å²) in [6.07, 6.45) is -1.52. The Morgan fingerprint density at radius 2 is 1.70 bits per heavy atom. The molecule has 0 saturated carbocycles. The lowest BCUT2D eigenvalue weighted by Crippen LogP contribution is -2.47. The van der Waals surface area contributed by atoms with E-state index >= 15 is 0 Å². The van der Waals surface area contributed by atoms with E-state index in [0.29, 0.717) is 5.56 Å². The summed E-state index contributed by atoms with van der Waals surface area (Å²) in [5.41, 5.74) is 5.91. The number of aliphatic hydroxyl groups is 1. The molecule has 120 valence electrons. The molecule has 2 amide bonds. The van der Waals surface area contributed by atoms with E-state index in [2.05, 4.69) is 5.32 Å². The van der Waals surface area contributed by atoms with Crippen molar-refractivity contribution in [2.75, 3.05) is 0 Å². The Labute approximate surface area is 132 Å². The fourth-order valence-electron chi connectivity index (χ4n) is 2.14. The molecule has 2 rings (SSSR count). The van der Waals surface area contributed by atoms with Gasteiger partial charge in [0.15, 0.2) is 6.10 Å². The summed E-state index contributed by atoms with van der Waals surface area (Å²) in [5.74, 6) is -2.06. The van der Waals surface area contributed by atoms with Gasteiger partial charge in [0.25, 0.3) is 5.91 Å². The largest absolute Gasteiger partial charge is 0.378 e. The summed E-state index contributed by atoms with van der Waals surface area (Å²) in [6, 6.07) is 13.1. The molecule has 2 atom stereocenters. The number of aliphatic hydroxyl groups excluding tert-OH is 1. The van der Waals surface area contributed by atoms with Crippen molar-refractivity contribution in [3.8, 4) is 0 Å². The number of hydrogen-bond donors (Lipinski definition) is 3. The Bertz CT molecular complexity index is 691. The predicted molar refractivity (Wildman–Crippen MR) is 82.6 cm³/mol. The molecule has 0 spiro atoms. The van der Waals surface area contributed by atoms with Gasteiger partial charge >= 0.3 is 0 Å². The number of amides is 2. The molecule has 0 saturated heterocycles. The zero-order valence-corrected chi connectivity index (χ0v) is 12.3. The van der Waals surface area contributed by atoms with Crippen LogP contribution in [-0.2, 0) is 16.0 Å². The third kappa shape index (κ3) is 4.37. The van der Waals surface area contributed by atoms with Crippen LogP contribution in [0.4, 0.5) is 4.39 Å². The number of nitrogens with one attached hydrogen (secondary N) is 1. The van der Waals surface area contributed by atoms with E-state index in [1.54, 1.807) is 36.4 Å². The van der Waals surface area contributed by atoms with Gasteiger partial charge in [-0.2, -0.15) is 0 Å². The molecule has 2 aromatic rings. The SMILES string of the molecule is NC(=O)[C@@H](Cc1ccccc1F)NC(=O)[C@@H](O)c1ccccc1. The van der Waals surface area contributed by atoms with Crippen molar-refractivity contribution in [2.24, 2.45) is 5.73 Å². The molecule has 4 N–H and O–H groups in total. The lowest BCUT2D eigenvalue weighted by atomic mass is 10.0. The second-order valence-corrected chi connectivity index (χ2v) is 5.07. The van der Waals surface area contributed by atoms with Crippen LogP contribution in [0.25, 0.3) is 0 Å². The fourth-order valence-corrected chi connectivity index (χ4v) is 2.14. The Balaban J connectivity index is 2.09. The molecule has 0 aliphatic rings. The van der Waals surface area contributed by atoms with Gasteiger partial charge in [-0.25, -0.2) is 4.39 Å². The molecule has 0 radical (unpaired) electrons. The van der Waals surface area contributed by atoms with Gasteiger partial charge in [-0.05, 0) is 17.2 Å². The quantitative estimate of drug-likeness (QED) is 0.744. The van der Waals surface area contributed by atoms with Crippen molar-refractivity contribution in [2.45, 2.75) is 18.6 Å². The Morgan fingerprint density at radius 1 is 1.09 bits per heavy atom. The molecule has 6 heteroatoms. The minimum Gasteiger partial charge on any atom is -0.378 e. The molecule has 23 heavy (non-hydrogen) atoms. The first-order valence-corrected chi connectivity index (χ1v) is 7.05. The molecule has 0 fully saturated rings. The molecule has 5 nitrogen and oxygen atoms in total. The molecule has 0 aromatic heterocycles. The average Bonchev–Trinajstić information content (AvgIpc) is 2.56. The van der Waals surface area contributed by atoms with Crippen LogP contribution < -0.4 is 11.1 Å². The molecule has 0 unspecified atom stereocenters. The minimum absolute atomic E-state index is 0.0880. The lowest BCUT2D eigenvalue weighted by molar-refractivity contribution is -0.133. The first kappa shape index (κ1) is 16.6. The fraction of sp³-hybridized carbons (Fsp3) is 0.176. The molecule has 0 aliphatic heterocycles. The number of nitrogens with two attached hydrogens (primary N) is 1. The van der Waals surface area contributed by atoms with E-state index in [1.807, 2.05) is 0 Å². The summed E-state index contributed by atoms with van der Waals surface area (Å²) in [4.78, 5) is 23.6. The Morgan fingerprint density at radius 3 is 2.30 bits per heavy atom. The van der Waals surface area contributed by atoms with E-state index in [0.717, 1.165) is 0 Å². The third-order valence-electron chi connectivity index (χ3n) is 3.41. The maximum absolute atomic E-state index is 13.7. The number of benzene rings is 2. The van der Waals surface area contributed by atoms with Gasteiger partial charge in [0, 0.05) is 6.42 Å². The van der Waals surface area contributed by atoms with Crippen LogP contribution in [-0.4, -0.2) is 23.0 Å². The molecular formula is C17H17FN2O3. The van der Waals surface area contributed by atoms with Crippen molar-refractivity contribution in [1.82, 2.24) is 5.32 Å². The van der Waals surface area contributed by atoms with Crippen LogP contribution in [0.15, 0.2) is 54.6 Å². The van der Waals surface area contributed by atoms with E-state index in [4.69, 9.17) is 5.73 Å². The zero-order chi connectivity index (χ0) is 16.8. The van der Waals surface area contributed by atoms with Crippen LogP contribution in [0.5, 0.6) is 0 Å². The third-order valence-corrected chi connectivity index (χ3v) is 3.41. The van der Waals surface area contributed by atoms with E-state index in [1.165, 1.54) is 18.2 Å². The molecule has 0 bridgehead atoms. The normalized spacial score (nSPS) is 13.1. The average molecular weight is 316 g/mol. The smallest absolute Gasteiger partial charge is 0.254 e. The van der Waals surface area contributed by atoms with E-state index in [-0.39, 0.29) is 12.0 Å². The van der Waals surface area contributed by atoms with Gasteiger partial charge in [0.1, 0.15) is 11.9 Å². The van der Waals surface area contributed by atoms with Crippen molar-refractivity contribution >= 4 is 11.8 Å². The second-order valence-electron chi connectivity index (χ2n) is 5.07. The summed E-state index contributed by atoms with van der Waals surface area (Å²) in [5, 5.41) is 12.4. The highest BCUT2D eigenvalue weighted by atomic mass is 19.1. The first-order chi connectivity index (χ1) is 11.0.